The van der Waals surface area contributed by atoms with Crippen LogP contribution in [0.15, 0.2) is 29.2 Å². The summed E-state index contributed by atoms with van der Waals surface area (Å²) in [4.78, 5) is 15.2. The molecular weight excluding hydrogens is 393 g/mol. The number of hydrogen-bond acceptors (Lipinski definition) is 4. The van der Waals surface area contributed by atoms with Crippen LogP contribution in [-0.2, 0) is 14.8 Å². The van der Waals surface area contributed by atoms with Crippen LogP contribution < -0.4 is 5.32 Å². The molecule has 0 bridgehead atoms. The van der Waals surface area contributed by atoms with Crippen LogP contribution in [0.25, 0.3) is 0 Å². The first kappa shape index (κ1) is 22.2. The first-order valence-electron chi connectivity index (χ1n) is 10.5. The lowest BCUT2D eigenvalue weighted by atomic mass is 9.95. The molecule has 2 fully saturated rings. The molecule has 2 unspecified atom stereocenters. The molecule has 29 heavy (non-hydrogen) atoms. The maximum Gasteiger partial charge on any atom is 0.243 e. The molecule has 2 saturated heterocycles. The highest BCUT2D eigenvalue weighted by Crippen LogP contribution is 2.36. The topological polar surface area (TPSA) is 69.7 Å². The van der Waals surface area contributed by atoms with Crippen LogP contribution in [0.4, 0.5) is 4.39 Å². The molecule has 1 amide bonds. The Kier molecular flexibility index (Phi) is 6.36. The van der Waals surface area contributed by atoms with Crippen LogP contribution in [0.2, 0.25) is 0 Å². The van der Waals surface area contributed by atoms with Crippen molar-refractivity contribution in [1.82, 2.24) is 14.5 Å². The third-order valence-electron chi connectivity index (χ3n) is 6.33. The zero-order valence-corrected chi connectivity index (χ0v) is 18.5. The fraction of sp³-hybridized carbons (Fsp3) is 0.667. The minimum atomic E-state index is -3.68. The molecule has 2 heterocycles. The third kappa shape index (κ3) is 4.20. The Morgan fingerprint density at radius 2 is 1.76 bits per heavy atom. The largest absolute Gasteiger partial charge is 0.323 e. The molecule has 2 atom stereocenters. The molecule has 8 heteroatoms. The van der Waals surface area contributed by atoms with Crippen molar-refractivity contribution in [1.29, 1.82) is 0 Å². The molecule has 3 rings (SSSR count). The number of rotatable bonds is 6. The van der Waals surface area contributed by atoms with Gasteiger partial charge in [0.25, 0.3) is 0 Å². The van der Waals surface area contributed by atoms with E-state index in [2.05, 4.69) is 19.2 Å². The normalized spacial score (nSPS) is 23.9. The summed E-state index contributed by atoms with van der Waals surface area (Å²) in [5, 5.41) is 3.56. The number of piperidine rings is 1. The van der Waals surface area contributed by atoms with Gasteiger partial charge in [0.05, 0.1) is 16.6 Å². The number of carbonyl (C=O) groups excluding carboxylic acids is 1. The lowest BCUT2D eigenvalue weighted by Gasteiger charge is -2.45. The molecule has 2 aliphatic rings. The number of amides is 1. The van der Waals surface area contributed by atoms with Crippen molar-refractivity contribution >= 4 is 15.9 Å². The van der Waals surface area contributed by atoms with Crippen LogP contribution in [0.3, 0.4) is 0 Å². The number of nitrogens with one attached hydrogen (secondary N) is 1. The first-order chi connectivity index (χ1) is 13.6. The summed E-state index contributed by atoms with van der Waals surface area (Å²) in [6, 6.07) is 4.69. The zero-order chi connectivity index (χ0) is 21.4. The Labute approximate surface area is 173 Å². The van der Waals surface area contributed by atoms with Gasteiger partial charge in [0.1, 0.15) is 5.82 Å². The molecule has 1 aromatic rings. The summed E-state index contributed by atoms with van der Waals surface area (Å²) in [5.41, 5.74) is -0.496. The molecule has 0 aliphatic carbocycles. The van der Waals surface area contributed by atoms with E-state index in [9.17, 15) is 17.6 Å². The highest BCUT2D eigenvalue weighted by atomic mass is 32.2. The van der Waals surface area contributed by atoms with Crippen molar-refractivity contribution in [3.8, 4) is 0 Å². The Morgan fingerprint density at radius 3 is 2.28 bits per heavy atom. The van der Waals surface area contributed by atoms with Crippen LogP contribution in [0, 0.1) is 17.7 Å². The molecule has 2 aliphatic heterocycles. The Bertz CT molecular complexity index is 833. The van der Waals surface area contributed by atoms with Gasteiger partial charge in [-0.3, -0.25) is 10.1 Å². The van der Waals surface area contributed by atoms with Gasteiger partial charge in [0.2, 0.25) is 15.9 Å². The van der Waals surface area contributed by atoms with Crippen molar-refractivity contribution in [2.75, 3.05) is 19.6 Å². The van der Waals surface area contributed by atoms with Gasteiger partial charge in [-0.2, -0.15) is 4.31 Å². The molecule has 0 radical (unpaired) electrons. The molecule has 0 saturated carbocycles. The Hall–Kier alpha value is -1.51. The van der Waals surface area contributed by atoms with Crippen LogP contribution in [0.5, 0.6) is 0 Å². The van der Waals surface area contributed by atoms with Crippen LogP contribution in [-0.4, -0.2) is 54.9 Å². The number of benzene rings is 1. The summed E-state index contributed by atoms with van der Waals surface area (Å²) in [6.45, 7) is 9.63. The monoisotopic (exact) mass is 425 g/mol. The number of halogens is 1. The second-order valence-electron chi connectivity index (χ2n) is 8.72. The van der Waals surface area contributed by atoms with E-state index in [0.717, 1.165) is 18.6 Å². The second-order valence-corrected chi connectivity index (χ2v) is 10.7. The van der Waals surface area contributed by atoms with Crippen molar-refractivity contribution in [3.63, 3.8) is 0 Å². The molecule has 0 aromatic heterocycles. The molecular formula is C21H32FN3O3S. The average Bonchev–Trinajstić information content (AvgIpc) is 2.95. The SMILES string of the molecule is CCC(C)CN1C(=O)C(C(C)C)NC12CCN(S(=O)(=O)c1ccc(F)cc1)CC2. The van der Waals surface area contributed by atoms with Gasteiger partial charge in [-0.05, 0) is 48.9 Å². The zero-order valence-electron chi connectivity index (χ0n) is 17.7. The lowest BCUT2D eigenvalue weighted by Crippen LogP contribution is -2.60. The Morgan fingerprint density at radius 1 is 1.17 bits per heavy atom. The van der Waals surface area contributed by atoms with Crippen molar-refractivity contribution in [3.05, 3.63) is 30.1 Å². The number of hydrogen-bond donors (Lipinski definition) is 1. The summed E-state index contributed by atoms with van der Waals surface area (Å²) in [5.74, 6) is 0.206. The molecule has 162 valence electrons. The molecule has 1 N–H and O–H groups in total. The number of sulfonamides is 1. The van der Waals surface area contributed by atoms with Crippen LogP contribution in [0.1, 0.15) is 47.0 Å². The van der Waals surface area contributed by atoms with Crippen molar-refractivity contribution in [2.45, 2.75) is 63.6 Å². The Balaban J connectivity index is 1.80. The summed E-state index contributed by atoms with van der Waals surface area (Å²) >= 11 is 0. The molecule has 6 nitrogen and oxygen atoms in total. The summed E-state index contributed by atoms with van der Waals surface area (Å²) < 4.78 is 40.5. The smallest absolute Gasteiger partial charge is 0.243 e. The fourth-order valence-electron chi connectivity index (χ4n) is 4.23. The van der Waals surface area contributed by atoms with E-state index < -0.39 is 21.5 Å². The predicted octanol–water partition coefficient (Wildman–Crippen LogP) is 2.81. The van der Waals surface area contributed by atoms with Gasteiger partial charge in [-0.25, -0.2) is 12.8 Å². The summed E-state index contributed by atoms with van der Waals surface area (Å²) in [7, 11) is -3.68. The minimum absolute atomic E-state index is 0.0989. The number of carbonyl (C=O) groups is 1. The highest BCUT2D eigenvalue weighted by molar-refractivity contribution is 7.89. The van der Waals surface area contributed by atoms with Crippen molar-refractivity contribution < 1.29 is 17.6 Å². The van der Waals surface area contributed by atoms with E-state index in [4.69, 9.17) is 0 Å². The van der Waals surface area contributed by atoms with Crippen LogP contribution >= 0.6 is 0 Å². The van der Waals surface area contributed by atoms with Gasteiger partial charge < -0.3 is 4.90 Å². The molecule has 1 aromatic carbocycles. The van der Waals surface area contributed by atoms with Gasteiger partial charge in [-0.15, -0.1) is 0 Å². The molecule has 1 spiro atoms. The van der Waals surface area contributed by atoms with E-state index in [1.165, 1.54) is 16.4 Å². The lowest BCUT2D eigenvalue weighted by molar-refractivity contribution is -0.134. The van der Waals surface area contributed by atoms with Gasteiger partial charge >= 0.3 is 0 Å². The van der Waals surface area contributed by atoms with Gasteiger partial charge in [0.15, 0.2) is 0 Å². The van der Waals surface area contributed by atoms with Crippen molar-refractivity contribution in [2.24, 2.45) is 11.8 Å². The van der Waals surface area contributed by atoms with E-state index in [1.54, 1.807) is 0 Å². The van der Waals surface area contributed by atoms with E-state index in [1.807, 2.05) is 18.7 Å². The predicted molar refractivity (Wildman–Crippen MR) is 110 cm³/mol. The second kappa shape index (κ2) is 8.32. The first-order valence-corrected chi connectivity index (χ1v) is 11.9. The average molecular weight is 426 g/mol. The van der Waals surface area contributed by atoms with E-state index >= 15 is 0 Å². The highest BCUT2D eigenvalue weighted by Gasteiger charge is 2.53. The quantitative estimate of drug-likeness (QED) is 0.761. The van der Waals surface area contributed by atoms with Gasteiger partial charge in [0, 0.05) is 19.6 Å². The maximum absolute atomic E-state index is 13.2. The standard InChI is InChI=1S/C21H32FN3O3S/c1-5-16(4)14-25-20(26)19(15(2)3)23-21(25)10-12-24(13-11-21)29(27,28)18-8-6-17(22)7-9-18/h6-9,15-16,19,23H,5,10-14H2,1-4H3. The van der Waals surface area contributed by atoms with E-state index in [-0.39, 0.29) is 22.8 Å². The fourth-order valence-corrected chi connectivity index (χ4v) is 5.67. The maximum atomic E-state index is 13.2. The minimum Gasteiger partial charge on any atom is -0.323 e. The summed E-state index contributed by atoms with van der Waals surface area (Å²) in [6.07, 6.45) is 2.06. The number of nitrogens with zero attached hydrogens (tertiary/aromatic N) is 2. The van der Waals surface area contributed by atoms with Gasteiger partial charge in [-0.1, -0.05) is 34.1 Å². The van der Waals surface area contributed by atoms with E-state index in [0.29, 0.717) is 38.4 Å². The third-order valence-corrected chi connectivity index (χ3v) is 8.24.